The van der Waals surface area contributed by atoms with Crippen LogP contribution in [0.3, 0.4) is 0 Å². The lowest BCUT2D eigenvalue weighted by molar-refractivity contribution is -0.135. The van der Waals surface area contributed by atoms with Crippen molar-refractivity contribution < 1.29 is 24.5 Å². The van der Waals surface area contributed by atoms with Gasteiger partial charge in [-0.15, -0.1) is 0 Å². The Bertz CT molecular complexity index is 993. The van der Waals surface area contributed by atoms with Crippen molar-refractivity contribution in [1.82, 2.24) is 5.32 Å². The molecule has 2 aromatic carbocycles. The van der Waals surface area contributed by atoms with Crippen LogP contribution in [0.5, 0.6) is 5.75 Å². The summed E-state index contributed by atoms with van der Waals surface area (Å²) in [5.41, 5.74) is 4.59. The van der Waals surface area contributed by atoms with Gasteiger partial charge in [0.1, 0.15) is 18.9 Å². The number of hydrogen-bond donors (Lipinski definition) is 3. The number of amides is 1. The van der Waals surface area contributed by atoms with Crippen LogP contribution >= 0.6 is 0 Å². The average Bonchev–Trinajstić information content (AvgIpc) is 2.76. The van der Waals surface area contributed by atoms with E-state index in [4.69, 9.17) is 9.84 Å². The summed E-state index contributed by atoms with van der Waals surface area (Å²) in [5.74, 6) is -0.239. The van der Waals surface area contributed by atoms with Gasteiger partial charge in [-0.1, -0.05) is 52.0 Å². The Balaban J connectivity index is 2.01. The molecule has 0 saturated carbocycles. The first kappa shape index (κ1) is 27.4. The Labute approximate surface area is 203 Å². The number of aryl methyl sites for hydroxylation is 3. The number of aliphatic hydroxyl groups excluding tert-OH is 1. The zero-order valence-corrected chi connectivity index (χ0v) is 21.3. The number of carboxylic acid groups (broad SMARTS) is 1. The molecule has 6 nitrogen and oxygen atoms in total. The number of aliphatic carboxylic acids is 1. The van der Waals surface area contributed by atoms with Crippen LogP contribution in [0.1, 0.15) is 79.1 Å². The highest BCUT2D eigenvalue weighted by atomic mass is 16.5. The number of aliphatic hydroxyl groups is 1. The van der Waals surface area contributed by atoms with Gasteiger partial charge in [0.15, 0.2) is 0 Å². The molecular weight excluding hydrogens is 430 g/mol. The zero-order valence-electron chi connectivity index (χ0n) is 21.3. The highest BCUT2D eigenvalue weighted by Crippen LogP contribution is 2.30. The van der Waals surface area contributed by atoms with E-state index in [1.54, 1.807) is 6.07 Å². The molecule has 6 heteroatoms. The number of hydrogen-bond acceptors (Lipinski definition) is 4. The highest BCUT2D eigenvalue weighted by Gasteiger charge is 2.23. The van der Waals surface area contributed by atoms with Crippen LogP contribution in [0.4, 0.5) is 0 Å². The summed E-state index contributed by atoms with van der Waals surface area (Å²) in [4.78, 5) is 22.8. The number of carbonyl (C=O) groups is 2. The minimum Gasteiger partial charge on any atom is -0.491 e. The second kappa shape index (κ2) is 12.0. The molecule has 2 unspecified atom stereocenters. The topological polar surface area (TPSA) is 95.9 Å². The number of carbonyl (C=O) groups excluding carboxylic acids is 1. The van der Waals surface area contributed by atoms with Crippen molar-refractivity contribution in [1.29, 1.82) is 0 Å². The van der Waals surface area contributed by atoms with Gasteiger partial charge in [0.2, 0.25) is 0 Å². The van der Waals surface area contributed by atoms with Crippen molar-refractivity contribution in [3.05, 3.63) is 64.2 Å². The number of rotatable bonds is 11. The second-order valence-electron chi connectivity index (χ2n) is 10.1. The molecule has 2 rings (SSSR count). The lowest BCUT2D eigenvalue weighted by Crippen LogP contribution is -2.32. The van der Waals surface area contributed by atoms with E-state index in [1.807, 2.05) is 52.8 Å². The van der Waals surface area contributed by atoms with Gasteiger partial charge < -0.3 is 20.3 Å². The molecule has 3 N–H and O–H groups in total. The summed E-state index contributed by atoms with van der Waals surface area (Å²) in [6, 6.07) is 12.0. The Hall–Kier alpha value is -2.86. The molecule has 0 aromatic heterocycles. The van der Waals surface area contributed by atoms with Gasteiger partial charge in [-0.05, 0) is 78.8 Å². The predicted molar refractivity (Wildman–Crippen MR) is 135 cm³/mol. The number of nitrogens with one attached hydrogen (secondary N) is 1. The second-order valence-corrected chi connectivity index (χ2v) is 10.1. The molecular formula is C28H39NO5. The summed E-state index contributed by atoms with van der Waals surface area (Å²) in [6.45, 7) is 11.9. The summed E-state index contributed by atoms with van der Waals surface area (Å²) in [7, 11) is 0. The van der Waals surface area contributed by atoms with Gasteiger partial charge in [0.25, 0.3) is 5.91 Å². The molecule has 0 fully saturated rings. The van der Waals surface area contributed by atoms with Gasteiger partial charge in [-0.25, -0.2) is 0 Å². The molecule has 0 bridgehead atoms. The Kier molecular flexibility index (Phi) is 9.68. The molecule has 0 aliphatic carbocycles. The van der Waals surface area contributed by atoms with Crippen molar-refractivity contribution in [3.63, 3.8) is 0 Å². The van der Waals surface area contributed by atoms with Gasteiger partial charge in [-0.2, -0.15) is 0 Å². The molecule has 0 spiro atoms. The molecule has 2 atom stereocenters. The number of benzene rings is 2. The van der Waals surface area contributed by atoms with E-state index < -0.39 is 18.6 Å². The normalized spacial score (nSPS) is 13.3. The van der Waals surface area contributed by atoms with Gasteiger partial charge >= 0.3 is 5.97 Å². The average molecular weight is 470 g/mol. The standard InChI is InChI=1S/C28H39NO5/c1-7-21(22-11-13-24(19(3)15-22)34-17-25(30)28(4,5)6)10-8-20-9-12-23(18(2)14-20)27(33)29-16-26(31)32/h9,11-15,21,25,30H,7-8,10,16-17H2,1-6H3,(H,29,33)(H,31,32). The molecule has 34 heavy (non-hydrogen) atoms. The van der Waals surface area contributed by atoms with Crippen molar-refractivity contribution in [3.8, 4) is 5.75 Å². The van der Waals surface area contributed by atoms with E-state index in [2.05, 4.69) is 24.4 Å². The third-order valence-electron chi connectivity index (χ3n) is 6.28. The minimum atomic E-state index is -1.06. The maximum Gasteiger partial charge on any atom is 0.322 e. The highest BCUT2D eigenvalue weighted by molar-refractivity contribution is 5.97. The number of ether oxygens (including phenoxy) is 1. The number of carboxylic acids is 1. The smallest absolute Gasteiger partial charge is 0.322 e. The zero-order chi connectivity index (χ0) is 25.5. The Morgan fingerprint density at radius 3 is 2.32 bits per heavy atom. The Morgan fingerprint density at radius 2 is 1.76 bits per heavy atom. The summed E-state index contributed by atoms with van der Waals surface area (Å²) in [5, 5.41) is 21.4. The quantitative estimate of drug-likeness (QED) is 0.429. The van der Waals surface area contributed by atoms with E-state index in [-0.39, 0.29) is 17.9 Å². The maximum absolute atomic E-state index is 12.2. The van der Waals surface area contributed by atoms with Crippen LogP contribution in [0.2, 0.25) is 0 Å². The molecule has 0 heterocycles. The third kappa shape index (κ3) is 7.87. The lowest BCUT2D eigenvalue weighted by atomic mass is 9.88. The van der Waals surface area contributed by atoms with Gasteiger partial charge in [0, 0.05) is 5.56 Å². The largest absolute Gasteiger partial charge is 0.491 e. The van der Waals surface area contributed by atoms with E-state index in [1.165, 1.54) is 5.56 Å². The Morgan fingerprint density at radius 1 is 1.06 bits per heavy atom. The fraction of sp³-hybridized carbons (Fsp3) is 0.500. The van der Waals surface area contributed by atoms with E-state index >= 15 is 0 Å². The van der Waals surface area contributed by atoms with Crippen LogP contribution in [-0.4, -0.2) is 41.3 Å². The van der Waals surface area contributed by atoms with Crippen molar-refractivity contribution in [2.45, 2.75) is 72.8 Å². The monoisotopic (exact) mass is 469 g/mol. The van der Waals surface area contributed by atoms with Crippen molar-refractivity contribution >= 4 is 11.9 Å². The van der Waals surface area contributed by atoms with Crippen LogP contribution in [-0.2, 0) is 11.2 Å². The van der Waals surface area contributed by atoms with Gasteiger partial charge in [0.05, 0.1) is 6.10 Å². The molecule has 2 aromatic rings. The fourth-order valence-corrected chi connectivity index (χ4v) is 3.84. The summed E-state index contributed by atoms with van der Waals surface area (Å²) >= 11 is 0. The summed E-state index contributed by atoms with van der Waals surface area (Å²) in [6.07, 6.45) is 2.33. The van der Waals surface area contributed by atoms with E-state index in [0.717, 1.165) is 41.7 Å². The van der Waals surface area contributed by atoms with Crippen LogP contribution in [0, 0.1) is 19.3 Å². The third-order valence-corrected chi connectivity index (χ3v) is 6.28. The first-order valence-electron chi connectivity index (χ1n) is 11.9. The molecule has 0 aliphatic heterocycles. The first-order chi connectivity index (χ1) is 15.9. The molecule has 1 amide bonds. The molecule has 0 saturated heterocycles. The summed E-state index contributed by atoms with van der Waals surface area (Å²) < 4.78 is 5.88. The molecule has 186 valence electrons. The maximum atomic E-state index is 12.2. The fourth-order valence-electron chi connectivity index (χ4n) is 3.84. The minimum absolute atomic E-state index is 0.222. The molecule has 0 radical (unpaired) electrons. The first-order valence-corrected chi connectivity index (χ1v) is 11.9. The van der Waals surface area contributed by atoms with Crippen molar-refractivity contribution in [2.75, 3.05) is 13.2 Å². The van der Waals surface area contributed by atoms with Crippen molar-refractivity contribution in [2.24, 2.45) is 5.41 Å². The molecule has 0 aliphatic rings. The van der Waals surface area contributed by atoms with Crippen LogP contribution in [0.15, 0.2) is 36.4 Å². The lowest BCUT2D eigenvalue weighted by Gasteiger charge is -2.26. The van der Waals surface area contributed by atoms with Crippen LogP contribution < -0.4 is 10.1 Å². The predicted octanol–water partition coefficient (Wildman–Crippen LogP) is 5.03. The van der Waals surface area contributed by atoms with E-state index in [9.17, 15) is 14.7 Å². The van der Waals surface area contributed by atoms with Gasteiger partial charge in [-0.3, -0.25) is 9.59 Å². The van der Waals surface area contributed by atoms with Crippen LogP contribution in [0.25, 0.3) is 0 Å². The SMILES string of the molecule is CCC(CCc1ccc(C(=O)NCC(=O)O)c(C)c1)c1ccc(OCC(O)C(C)(C)C)c(C)c1. The van der Waals surface area contributed by atoms with E-state index in [0.29, 0.717) is 11.5 Å².